The van der Waals surface area contributed by atoms with E-state index in [-0.39, 0.29) is 35.8 Å². The number of ketones is 1. The van der Waals surface area contributed by atoms with Crippen LogP contribution in [0.1, 0.15) is 30.1 Å². The number of hydrogen-bond donors (Lipinski definition) is 0. The van der Waals surface area contributed by atoms with Crippen LogP contribution < -0.4 is 0 Å². The molecule has 0 saturated heterocycles. The molecule has 22 heavy (non-hydrogen) atoms. The van der Waals surface area contributed by atoms with E-state index in [1.54, 1.807) is 12.1 Å². The zero-order chi connectivity index (χ0) is 15.3. The van der Waals surface area contributed by atoms with Gasteiger partial charge in [0.25, 0.3) is 0 Å². The van der Waals surface area contributed by atoms with Gasteiger partial charge in [-0.2, -0.15) is 0 Å². The Kier molecular flexibility index (Phi) is 3.03. The average molecular weight is 299 g/mol. The highest BCUT2D eigenvalue weighted by atomic mass is 16.6. The minimum absolute atomic E-state index is 0.0283. The van der Waals surface area contributed by atoms with Crippen LogP contribution in [0, 0.1) is 17.8 Å². The van der Waals surface area contributed by atoms with E-state index < -0.39 is 0 Å². The molecule has 1 heterocycles. The average Bonchev–Trinajstić information content (AvgIpc) is 3.18. The number of rotatable bonds is 3. The fourth-order valence-electron chi connectivity index (χ4n) is 4.22. The molecule has 1 aromatic rings. The summed E-state index contributed by atoms with van der Waals surface area (Å²) in [5, 5.41) is 4.08. The highest BCUT2D eigenvalue weighted by Crippen LogP contribution is 2.53. The van der Waals surface area contributed by atoms with Gasteiger partial charge in [0.05, 0.1) is 5.92 Å². The highest BCUT2D eigenvalue weighted by Gasteiger charge is 2.60. The first kappa shape index (κ1) is 13.5. The van der Waals surface area contributed by atoms with Crippen LogP contribution in [0.4, 0.5) is 0 Å². The maximum absolute atomic E-state index is 12.7. The minimum atomic E-state index is -0.263. The lowest BCUT2D eigenvalue weighted by Crippen LogP contribution is -2.40. The van der Waals surface area contributed by atoms with Crippen LogP contribution in [0.3, 0.4) is 0 Å². The lowest BCUT2D eigenvalue weighted by atomic mass is 9.79. The number of oxime groups is 1. The summed E-state index contributed by atoms with van der Waals surface area (Å²) >= 11 is 0. The highest BCUT2D eigenvalue weighted by molar-refractivity contribution is 6.47. The molecule has 5 atom stereocenters. The molecular weight excluding hydrogens is 282 g/mol. The van der Waals surface area contributed by atoms with Crippen molar-refractivity contribution in [3.8, 4) is 0 Å². The molecule has 2 bridgehead atoms. The Bertz CT molecular complexity index is 654. The monoisotopic (exact) mass is 299 g/mol. The number of hydrogen-bond acceptors (Lipinski definition) is 5. The van der Waals surface area contributed by atoms with Gasteiger partial charge in [-0.25, -0.2) is 0 Å². The second kappa shape index (κ2) is 4.93. The SMILES string of the molecule is CC(=O)O[C@@H]1C[C@@H]2C[C@H]1[C@H]1C(C(=O)c3ccccc3)=NO[C@@H]21. The number of carbonyl (C=O) groups excluding carboxylic acids is 2. The molecule has 1 aliphatic heterocycles. The van der Waals surface area contributed by atoms with Crippen molar-refractivity contribution >= 4 is 17.5 Å². The summed E-state index contributed by atoms with van der Waals surface area (Å²) in [4.78, 5) is 29.5. The largest absolute Gasteiger partial charge is 0.462 e. The first-order valence-electron chi connectivity index (χ1n) is 7.66. The second-order valence-electron chi connectivity index (χ2n) is 6.31. The molecular formula is C17H17NO4. The fourth-order valence-corrected chi connectivity index (χ4v) is 4.22. The van der Waals surface area contributed by atoms with E-state index in [1.165, 1.54) is 6.92 Å². The molecule has 3 aliphatic rings. The Labute approximate surface area is 128 Å². The number of carbonyl (C=O) groups is 2. The lowest BCUT2D eigenvalue weighted by molar-refractivity contribution is -0.150. The summed E-state index contributed by atoms with van der Waals surface area (Å²) in [6.07, 6.45) is 1.61. The molecule has 0 radical (unpaired) electrons. The Morgan fingerprint density at radius 2 is 2.00 bits per heavy atom. The van der Waals surface area contributed by atoms with Crippen molar-refractivity contribution in [2.24, 2.45) is 22.9 Å². The summed E-state index contributed by atoms with van der Waals surface area (Å²) in [6, 6.07) is 9.12. The second-order valence-corrected chi connectivity index (χ2v) is 6.31. The van der Waals surface area contributed by atoms with Crippen LogP contribution >= 0.6 is 0 Å². The van der Waals surface area contributed by atoms with Gasteiger partial charge in [-0.15, -0.1) is 0 Å². The van der Waals surface area contributed by atoms with Crippen LogP contribution in [0.5, 0.6) is 0 Å². The van der Waals surface area contributed by atoms with Gasteiger partial charge in [-0.1, -0.05) is 35.5 Å². The molecule has 114 valence electrons. The first-order chi connectivity index (χ1) is 10.6. The number of Topliss-reactive ketones (excluding diaryl/α,β-unsaturated/α-hetero) is 1. The first-order valence-corrected chi connectivity index (χ1v) is 7.66. The van der Waals surface area contributed by atoms with E-state index in [0.29, 0.717) is 17.2 Å². The van der Waals surface area contributed by atoms with Crippen molar-refractivity contribution in [2.45, 2.75) is 32.0 Å². The summed E-state index contributed by atoms with van der Waals surface area (Å²) in [5.41, 5.74) is 1.11. The van der Waals surface area contributed by atoms with Crippen LogP contribution in [0.15, 0.2) is 35.5 Å². The third kappa shape index (κ3) is 1.95. The predicted molar refractivity (Wildman–Crippen MR) is 78.3 cm³/mol. The topological polar surface area (TPSA) is 65.0 Å². The Morgan fingerprint density at radius 1 is 1.23 bits per heavy atom. The predicted octanol–water partition coefficient (Wildman–Crippen LogP) is 2.21. The van der Waals surface area contributed by atoms with E-state index in [2.05, 4.69) is 5.16 Å². The lowest BCUT2D eigenvalue weighted by Gasteiger charge is -2.29. The zero-order valence-electron chi connectivity index (χ0n) is 12.3. The van der Waals surface area contributed by atoms with Crippen LogP contribution in [-0.4, -0.2) is 29.7 Å². The van der Waals surface area contributed by atoms with Crippen LogP contribution in [0.2, 0.25) is 0 Å². The van der Waals surface area contributed by atoms with E-state index in [4.69, 9.17) is 9.57 Å². The van der Waals surface area contributed by atoms with Gasteiger partial charge >= 0.3 is 5.97 Å². The van der Waals surface area contributed by atoms with Gasteiger partial charge in [0, 0.05) is 24.3 Å². The third-order valence-electron chi connectivity index (χ3n) is 5.04. The standard InChI is InChI=1S/C17H17NO4/c1-9(19)21-13-8-11-7-12(13)14-15(18-22-17(11)14)16(20)10-5-3-2-4-6-10/h2-6,11-14,17H,7-8H2,1H3/t11-,12+,13+,14-,17-/m0/s1. The molecule has 5 nitrogen and oxygen atoms in total. The Balaban J connectivity index is 1.59. The van der Waals surface area contributed by atoms with Crippen LogP contribution in [0.25, 0.3) is 0 Å². The Morgan fingerprint density at radius 3 is 2.73 bits per heavy atom. The number of fused-ring (bicyclic) bond motifs is 5. The van der Waals surface area contributed by atoms with E-state index >= 15 is 0 Å². The number of ether oxygens (including phenoxy) is 1. The zero-order valence-corrected chi connectivity index (χ0v) is 12.3. The van der Waals surface area contributed by atoms with Crippen molar-refractivity contribution in [3.05, 3.63) is 35.9 Å². The maximum atomic E-state index is 12.7. The van der Waals surface area contributed by atoms with Gasteiger partial charge in [0.1, 0.15) is 17.9 Å². The minimum Gasteiger partial charge on any atom is -0.462 e. The van der Waals surface area contributed by atoms with Gasteiger partial charge in [-0.05, 0) is 12.8 Å². The van der Waals surface area contributed by atoms with Gasteiger partial charge in [0.15, 0.2) is 0 Å². The fraction of sp³-hybridized carbons (Fsp3) is 0.471. The normalized spacial score (nSPS) is 34.8. The molecule has 5 heteroatoms. The molecule has 2 saturated carbocycles. The summed E-state index contributed by atoms with van der Waals surface area (Å²) in [5.74, 6) is 0.0795. The molecule has 0 unspecified atom stereocenters. The maximum Gasteiger partial charge on any atom is 0.302 e. The van der Waals surface area contributed by atoms with Crippen molar-refractivity contribution in [1.82, 2.24) is 0 Å². The molecule has 2 fully saturated rings. The molecule has 0 aromatic heterocycles. The van der Waals surface area contributed by atoms with Gasteiger partial charge in [0.2, 0.25) is 5.78 Å². The van der Waals surface area contributed by atoms with Gasteiger partial charge in [-0.3, -0.25) is 9.59 Å². The van der Waals surface area contributed by atoms with Crippen LogP contribution in [-0.2, 0) is 14.4 Å². The number of esters is 1. The molecule has 2 aliphatic carbocycles. The van der Waals surface area contributed by atoms with Crippen molar-refractivity contribution < 1.29 is 19.2 Å². The van der Waals surface area contributed by atoms with E-state index in [1.807, 2.05) is 18.2 Å². The Hall–Kier alpha value is -2.17. The molecule has 1 aromatic carbocycles. The molecule has 0 amide bonds. The van der Waals surface area contributed by atoms with Crippen molar-refractivity contribution in [2.75, 3.05) is 0 Å². The van der Waals surface area contributed by atoms with E-state index in [9.17, 15) is 9.59 Å². The molecule has 4 rings (SSSR count). The summed E-state index contributed by atoms with van der Waals surface area (Å²) in [6.45, 7) is 1.43. The van der Waals surface area contributed by atoms with E-state index in [0.717, 1.165) is 12.8 Å². The quantitative estimate of drug-likeness (QED) is 0.634. The third-order valence-corrected chi connectivity index (χ3v) is 5.04. The summed E-state index contributed by atoms with van der Waals surface area (Å²) < 4.78 is 5.43. The summed E-state index contributed by atoms with van der Waals surface area (Å²) in [7, 11) is 0. The molecule has 0 spiro atoms. The smallest absolute Gasteiger partial charge is 0.302 e. The van der Waals surface area contributed by atoms with Crippen molar-refractivity contribution in [3.63, 3.8) is 0 Å². The number of nitrogens with zero attached hydrogens (tertiary/aromatic N) is 1. The van der Waals surface area contributed by atoms with Gasteiger partial charge < -0.3 is 9.57 Å². The van der Waals surface area contributed by atoms with Crippen molar-refractivity contribution in [1.29, 1.82) is 0 Å². The molecule has 0 N–H and O–H groups in total. The number of benzene rings is 1.